The van der Waals surface area contributed by atoms with Crippen molar-refractivity contribution in [1.82, 2.24) is 4.90 Å². The lowest BCUT2D eigenvalue weighted by Crippen LogP contribution is -2.70. The molecule has 0 radical (unpaired) electrons. The molecule has 6 heteroatoms. The van der Waals surface area contributed by atoms with Gasteiger partial charge in [0.25, 0.3) is 0 Å². The van der Waals surface area contributed by atoms with Gasteiger partial charge in [-0.3, -0.25) is 9.69 Å². The van der Waals surface area contributed by atoms with Gasteiger partial charge < -0.3 is 19.0 Å². The molecule has 4 aliphatic carbocycles. The number of hydrogen-bond donors (Lipinski definition) is 1. The molecule has 4 saturated carbocycles. The highest BCUT2D eigenvalue weighted by molar-refractivity contribution is 5.75. The molecular weight excluding hydrogens is 418 g/mol. The Morgan fingerprint density at radius 2 is 2.09 bits per heavy atom. The predicted octanol–water partition coefficient (Wildman–Crippen LogP) is 3.83. The minimum Gasteiger partial charge on any atom is -0.469 e. The van der Waals surface area contributed by atoms with E-state index in [1.165, 1.54) is 19.3 Å². The Hall–Kier alpha value is -1.37. The molecule has 4 saturated heterocycles. The van der Waals surface area contributed by atoms with Crippen LogP contribution in [0.5, 0.6) is 0 Å². The Morgan fingerprint density at radius 1 is 1.24 bits per heavy atom. The number of piperidine rings is 1. The minimum atomic E-state index is -0.185. The van der Waals surface area contributed by atoms with Crippen molar-refractivity contribution in [2.45, 2.75) is 82.1 Å². The van der Waals surface area contributed by atoms with Crippen LogP contribution >= 0.6 is 0 Å². The number of rotatable bonds is 4. The summed E-state index contributed by atoms with van der Waals surface area (Å²) in [5.41, 5.74) is 0.00224. The lowest BCUT2D eigenvalue weighted by molar-refractivity contribution is -0.269. The van der Waals surface area contributed by atoms with Crippen LogP contribution in [0.3, 0.4) is 0 Å². The summed E-state index contributed by atoms with van der Waals surface area (Å²) in [5.74, 6) is 2.46. The fourth-order valence-electron chi connectivity index (χ4n) is 12.4. The van der Waals surface area contributed by atoms with Gasteiger partial charge in [0.05, 0.1) is 31.3 Å². The highest BCUT2D eigenvalue weighted by Crippen LogP contribution is 2.95. The first kappa shape index (κ1) is 19.9. The average Bonchev–Trinajstić information content (AvgIpc) is 3.54. The van der Waals surface area contributed by atoms with Crippen LogP contribution in [0.2, 0.25) is 0 Å². The molecule has 9 rings (SSSR count). The number of carbonyl (C=O) groups excluding carboxylic acids is 1. The SMILES string of the molecule is CC[C@]12CC[C@@]34CO[C@@]56CC[C@@H]3CN1[C@@H](c1ccc(CO)o1)[C@]51[C@H](CC6)[C@H](C(=O)OC)C[C@@]421. The van der Waals surface area contributed by atoms with Crippen molar-refractivity contribution in [2.75, 3.05) is 20.3 Å². The average molecular weight is 454 g/mol. The summed E-state index contributed by atoms with van der Waals surface area (Å²) < 4.78 is 19.1. The second-order valence-electron chi connectivity index (χ2n) is 12.3. The maximum atomic E-state index is 13.4. The van der Waals surface area contributed by atoms with Gasteiger partial charge >= 0.3 is 5.97 Å². The van der Waals surface area contributed by atoms with Crippen LogP contribution in [0, 0.1) is 34.0 Å². The quantitative estimate of drug-likeness (QED) is 0.699. The number of methoxy groups -OCH3 is 1. The fourth-order valence-corrected chi connectivity index (χ4v) is 12.4. The molecule has 1 aromatic rings. The molecule has 4 aliphatic heterocycles. The molecule has 1 aromatic heterocycles. The van der Waals surface area contributed by atoms with Gasteiger partial charge in [-0.1, -0.05) is 6.92 Å². The number of ether oxygens (including phenoxy) is 2. The number of aliphatic hydroxyl groups excluding tert-OH is 1. The van der Waals surface area contributed by atoms with Gasteiger partial charge in [0.2, 0.25) is 0 Å². The lowest BCUT2D eigenvalue weighted by atomic mass is 9.42. The summed E-state index contributed by atoms with van der Waals surface area (Å²) in [7, 11) is 1.57. The standard InChI is InChI=1S/C27H35NO5/c1-3-24-11-10-23-15-32-25-8-6-16(23)13-28(24)21(20-5-4-17(14-29)33-20)27(25)19(7-9-25)18(22(30)31-2)12-26(23,24)27/h4-5,16,18-19,21,29H,3,6-15H2,1-2H3/t16-,18-,19-,21+,23-,24-,25-,26-,27-/m1/s1. The molecule has 1 unspecified atom stereocenters. The van der Waals surface area contributed by atoms with E-state index in [1.807, 2.05) is 6.07 Å². The molecule has 178 valence electrons. The molecule has 1 N–H and O–H groups in total. The third-order valence-electron chi connectivity index (χ3n) is 12.7. The molecule has 6 bridgehead atoms. The number of fused-ring (bicyclic) bond motifs is 2. The summed E-state index contributed by atoms with van der Waals surface area (Å²) in [6.07, 6.45) is 8.96. The van der Waals surface area contributed by atoms with E-state index in [0.29, 0.717) is 11.7 Å². The normalized spacial score (nSPS) is 56.4. The van der Waals surface area contributed by atoms with Gasteiger partial charge in [-0.15, -0.1) is 0 Å². The summed E-state index contributed by atoms with van der Waals surface area (Å²) in [6, 6.07) is 4.18. The second kappa shape index (κ2) is 5.71. The molecule has 33 heavy (non-hydrogen) atoms. The van der Waals surface area contributed by atoms with E-state index in [1.54, 1.807) is 7.11 Å². The third kappa shape index (κ3) is 1.59. The zero-order valence-corrected chi connectivity index (χ0v) is 19.8. The summed E-state index contributed by atoms with van der Waals surface area (Å²) >= 11 is 0. The minimum absolute atomic E-state index is 0.00913. The van der Waals surface area contributed by atoms with Gasteiger partial charge in [-0.05, 0) is 75.3 Å². The number of furan rings is 1. The first-order valence-electron chi connectivity index (χ1n) is 13.2. The van der Waals surface area contributed by atoms with Crippen molar-refractivity contribution in [3.63, 3.8) is 0 Å². The molecular formula is C27H35NO5. The monoisotopic (exact) mass is 453 g/mol. The molecule has 4 spiro atoms. The van der Waals surface area contributed by atoms with E-state index in [-0.39, 0.29) is 57.8 Å². The molecule has 0 amide bonds. The smallest absolute Gasteiger partial charge is 0.308 e. The second-order valence-corrected chi connectivity index (χ2v) is 12.3. The van der Waals surface area contributed by atoms with Crippen LogP contribution in [0.4, 0.5) is 0 Å². The number of esters is 1. The molecule has 8 fully saturated rings. The molecule has 0 aromatic carbocycles. The van der Waals surface area contributed by atoms with E-state index in [4.69, 9.17) is 13.9 Å². The zero-order chi connectivity index (χ0) is 22.4. The van der Waals surface area contributed by atoms with Crippen LogP contribution in [-0.2, 0) is 20.9 Å². The Morgan fingerprint density at radius 3 is 2.85 bits per heavy atom. The van der Waals surface area contributed by atoms with Gasteiger partial charge in [0.1, 0.15) is 18.1 Å². The van der Waals surface area contributed by atoms with Crippen LogP contribution in [0.1, 0.15) is 75.9 Å². The van der Waals surface area contributed by atoms with Crippen molar-refractivity contribution >= 4 is 5.97 Å². The predicted molar refractivity (Wildman–Crippen MR) is 118 cm³/mol. The van der Waals surface area contributed by atoms with Crippen LogP contribution in [-0.4, -0.2) is 47.4 Å². The summed E-state index contributed by atoms with van der Waals surface area (Å²) in [6.45, 7) is 4.31. The number of carbonyl (C=O) groups is 1. The summed E-state index contributed by atoms with van der Waals surface area (Å²) in [4.78, 5) is 16.2. The Kier molecular flexibility index (Phi) is 3.44. The van der Waals surface area contributed by atoms with Crippen molar-refractivity contribution in [1.29, 1.82) is 0 Å². The van der Waals surface area contributed by atoms with E-state index in [0.717, 1.165) is 51.0 Å². The van der Waals surface area contributed by atoms with Gasteiger partial charge in [0, 0.05) is 28.3 Å². The van der Waals surface area contributed by atoms with Gasteiger partial charge in [0.15, 0.2) is 0 Å². The number of aliphatic hydroxyl groups is 1. The van der Waals surface area contributed by atoms with Crippen LogP contribution in [0.15, 0.2) is 16.5 Å². The van der Waals surface area contributed by atoms with Crippen LogP contribution < -0.4 is 0 Å². The molecule has 6 nitrogen and oxygen atoms in total. The molecule has 10 atom stereocenters. The first-order chi connectivity index (χ1) is 16.0. The van der Waals surface area contributed by atoms with Crippen LogP contribution in [0.25, 0.3) is 0 Å². The number of hydrogen-bond acceptors (Lipinski definition) is 6. The van der Waals surface area contributed by atoms with Crippen molar-refractivity contribution in [2.24, 2.45) is 34.0 Å². The van der Waals surface area contributed by atoms with Gasteiger partial charge in [-0.25, -0.2) is 0 Å². The maximum absolute atomic E-state index is 13.4. The molecule has 8 aliphatic rings. The summed E-state index contributed by atoms with van der Waals surface area (Å²) in [5, 5.41) is 9.82. The third-order valence-corrected chi connectivity index (χ3v) is 12.7. The maximum Gasteiger partial charge on any atom is 0.308 e. The lowest BCUT2D eigenvalue weighted by Gasteiger charge is -2.66. The van der Waals surface area contributed by atoms with E-state index < -0.39 is 0 Å². The van der Waals surface area contributed by atoms with Crippen molar-refractivity contribution in [3.05, 3.63) is 23.7 Å². The van der Waals surface area contributed by atoms with Crippen molar-refractivity contribution < 1.29 is 23.8 Å². The van der Waals surface area contributed by atoms with Gasteiger partial charge in [-0.2, -0.15) is 0 Å². The largest absolute Gasteiger partial charge is 0.469 e. The zero-order valence-electron chi connectivity index (χ0n) is 19.8. The molecule has 5 heterocycles. The van der Waals surface area contributed by atoms with E-state index in [9.17, 15) is 9.90 Å². The van der Waals surface area contributed by atoms with E-state index in [2.05, 4.69) is 17.9 Å². The van der Waals surface area contributed by atoms with Crippen molar-refractivity contribution in [3.8, 4) is 0 Å². The van der Waals surface area contributed by atoms with E-state index >= 15 is 0 Å². The fraction of sp³-hybridized carbons (Fsp3) is 0.815. The Bertz CT molecular complexity index is 1070. The highest BCUT2D eigenvalue weighted by atomic mass is 16.5. The topological polar surface area (TPSA) is 72.1 Å². The first-order valence-corrected chi connectivity index (χ1v) is 13.2. The highest BCUT2D eigenvalue weighted by Gasteiger charge is 2.97. The Labute approximate surface area is 195 Å². The Balaban J connectivity index is 1.50. The number of nitrogens with zero attached hydrogens (tertiary/aromatic N) is 1.